The van der Waals surface area contributed by atoms with Crippen LogP contribution in [-0.4, -0.2) is 39.4 Å². The summed E-state index contributed by atoms with van der Waals surface area (Å²) in [6, 6.07) is 16.3. The summed E-state index contributed by atoms with van der Waals surface area (Å²) < 4.78 is 12.2. The van der Waals surface area contributed by atoms with Crippen LogP contribution >= 0.6 is 11.6 Å². The molecule has 0 unspecified atom stereocenters. The fourth-order valence-electron chi connectivity index (χ4n) is 2.27. The zero-order valence-electron chi connectivity index (χ0n) is 14.6. The third-order valence-corrected chi connectivity index (χ3v) is 3.82. The second kappa shape index (κ2) is 8.95. The maximum atomic E-state index is 12.6. The molecule has 1 aromatic heterocycles. The Balaban J connectivity index is 1.65. The van der Waals surface area contributed by atoms with Crippen molar-refractivity contribution in [1.29, 1.82) is 0 Å². The topological polar surface area (TPSA) is 79.1 Å². The molecule has 0 radical (unpaired) electrons. The average Bonchev–Trinajstić information content (AvgIpc) is 3.11. The van der Waals surface area contributed by atoms with Gasteiger partial charge in [-0.15, -0.1) is 5.10 Å². The minimum atomic E-state index is -0.547. The molecule has 0 atom stereocenters. The first-order valence-corrected chi connectivity index (χ1v) is 8.59. The standard InChI is InChI=1S/C19H17ClN4O3/c1-14-21-22-23-24(14)18(13-15-5-3-2-4-6-15)19(25)27-12-11-26-17-9-7-16(20)8-10-17/h2-10,13H,11-12H2,1H3/b18-13+. The van der Waals surface area contributed by atoms with E-state index in [9.17, 15) is 4.79 Å². The Bertz CT molecular complexity index is 924. The van der Waals surface area contributed by atoms with Crippen LogP contribution in [0.25, 0.3) is 11.8 Å². The zero-order valence-corrected chi connectivity index (χ0v) is 15.3. The van der Waals surface area contributed by atoms with E-state index in [4.69, 9.17) is 21.1 Å². The molecule has 27 heavy (non-hydrogen) atoms. The Morgan fingerprint density at radius 3 is 2.52 bits per heavy atom. The van der Waals surface area contributed by atoms with Crippen LogP contribution in [0.5, 0.6) is 5.75 Å². The lowest BCUT2D eigenvalue weighted by atomic mass is 10.2. The van der Waals surface area contributed by atoms with Gasteiger partial charge in [-0.25, -0.2) is 4.79 Å². The number of hydrogen-bond donors (Lipinski definition) is 0. The quantitative estimate of drug-likeness (QED) is 0.353. The summed E-state index contributed by atoms with van der Waals surface area (Å²) in [5, 5.41) is 11.9. The molecular formula is C19H17ClN4O3. The molecular weight excluding hydrogens is 368 g/mol. The number of aromatic nitrogens is 4. The van der Waals surface area contributed by atoms with Gasteiger partial charge in [-0.2, -0.15) is 4.68 Å². The van der Waals surface area contributed by atoms with Gasteiger partial charge in [0, 0.05) is 5.02 Å². The summed E-state index contributed by atoms with van der Waals surface area (Å²) in [7, 11) is 0. The van der Waals surface area contributed by atoms with Gasteiger partial charge in [0.25, 0.3) is 0 Å². The molecule has 1 heterocycles. The number of carbonyl (C=O) groups excluding carboxylic acids is 1. The van der Waals surface area contributed by atoms with E-state index in [1.54, 1.807) is 37.3 Å². The normalized spacial score (nSPS) is 11.3. The number of aryl methyl sites for hydroxylation is 1. The molecule has 2 aromatic carbocycles. The molecule has 7 nitrogen and oxygen atoms in total. The highest BCUT2D eigenvalue weighted by molar-refractivity contribution is 6.30. The van der Waals surface area contributed by atoms with Gasteiger partial charge < -0.3 is 9.47 Å². The zero-order chi connectivity index (χ0) is 19.1. The van der Waals surface area contributed by atoms with E-state index in [1.165, 1.54) is 4.68 Å². The molecule has 0 saturated carbocycles. The van der Waals surface area contributed by atoms with Crippen LogP contribution in [0, 0.1) is 6.92 Å². The molecule has 0 amide bonds. The van der Waals surface area contributed by atoms with E-state index in [2.05, 4.69) is 15.5 Å². The molecule has 0 spiro atoms. The summed E-state index contributed by atoms with van der Waals surface area (Å²) in [6.45, 7) is 1.99. The second-order valence-electron chi connectivity index (χ2n) is 5.52. The van der Waals surface area contributed by atoms with E-state index >= 15 is 0 Å². The Morgan fingerprint density at radius 2 is 1.85 bits per heavy atom. The first-order chi connectivity index (χ1) is 13.1. The van der Waals surface area contributed by atoms with Crippen molar-refractivity contribution in [1.82, 2.24) is 20.2 Å². The smallest absolute Gasteiger partial charge is 0.357 e. The molecule has 0 bridgehead atoms. The van der Waals surface area contributed by atoms with Crippen molar-refractivity contribution in [2.45, 2.75) is 6.92 Å². The third-order valence-electron chi connectivity index (χ3n) is 3.56. The first kappa shape index (κ1) is 18.6. The van der Waals surface area contributed by atoms with Gasteiger partial charge in [0.1, 0.15) is 19.0 Å². The van der Waals surface area contributed by atoms with E-state index in [1.807, 2.05) is 30.3 Å². The van der Waals surface area contributed by atoms with Crippen LogP contribution < -0.4 is 4.74 Å². The fourth-order valence-corrected chi connectivity index (χ4v) is 2.39. The van der Waals surface area contributed by atoms with Crippen LogP contribution in [0.1, 0.15) is 11.4 Å². The van der Waals surface area contributed by atoms with Crippen LogP contribution in [0.4, 0.5) is 0 Å². The van der Waals surface area contributed by atoms with Crippen molar-refractivity contribution >= 4 is 29.3 Å². The number of nitrogens with zero attached hydrogens (tertiary/aromatic N) is 4. The summed E-state index contributed by atoms with van der Waals surface area (Å²) in [5.41, 5.74) is 1.05. The third kappa shape index (κ3) is 5.15. The predicted molar refractivity (Wildman–Crippen MR) is 101 cm³/mol. The lowest BCUT2D eigenvalue weighted by Crippen LogP contribution is -2.18. The molecule has 0 aliphatic carbocycles. The first-order valence-electron chi connectivity index (χ1n) is 8.21. The predicted octanol–water partition coefficient (Wildman–Crippen LogP) is 3.26. The molecule has 138 valence electrons. The summed E-state index contributed by atoms with van der Waals surface area (Å²) >= 11 is 5.83. The summed E-state index contributed by atoms with van der Waals surface area (Å²) in [5.74, 6) is 0.576. The van der Waals surface area contributed by atoms with Crippen molar-refractivity contribution in [2.75, 3.05) is 13.2 Å². The molecule has 0 N–H and O–H groups in total. The number of benzene rings is 2. The van der Waals surface area contributed by atoms with Crippen molar-refractivity contribution in [3.8, 4) is 5.75 Å². The Morgan fingerprint density at radius 1 is 1.11 bits per heavy atom. The highest BCUT2D eigenvalue weighted by atomic mass is 35.5. The van der Waals surface area contributed by atoms with Gasteiger partial charge in [0.2, 0.25) is 0 Å². The molecule has 0 aliphatic rings. The highest BCUT2D eigenvalue weighted by Gasteiger charge is 2.17. The van der Waals surface area contributed by atoms with Crippen molar-refractivity contribution < 1.29 is 14.3 Å². The van der Waals surface area contributed by atoms with Crippen LogP contribution in [0.3, 0.4) is 0 Å². The van der Waals surface area contributed by atoms with Crippen molar-refractivity contribution in [2.24, 2.45) is 0 Å². The molecule has 0 fully saturated rings. The molecule has 0 saturated heterocycles. The van der Waals surface area contributed by atoms with Crippen LogP contribution in [-0.2, 0) is 9.53 Å². The summed E-state index contributed by atoms with van der Waals surface area (Å²) in [4.78, 5) is 12.6. The lowest BCUT2D eigenvalue weighted by Gasteiger charge is -2.10. The number of esters is 1. The number of hydrogen-bond acceptors (Lipinski definition) is 6. The lowest BCUT2D eigenvalue weighted by molar-refractivity contribution is -0.137. The van der Waals surface area contributed by atoms with Crippen LogP contribution in [0.15, 0.2) is 54.6 Å². The Kier molecular flexibility index (Phi) is 6.17. The largest absolute Gasteiger partial charge is 0.490 e. The van der Waals surface area contributed by atoms with Gasteiger partial charge in [0.05, 0.1) is 0 Å². The van der Waals surface area contributed by atoms with Gasteiger partial charge in [-0.05, 0) is 53.3 Å². The minimum absolute atomic E-state index is 0.0781. The molecule has 3 rings (SSSR count). The minimum Gasteiger partial charge on any atom is -0.490 e. The number of ether oxygens (including phenoxy) is 2. The number of rotatable bonds is 7. The van der Waals surface area contributed by atoms with Gasteiger partial charge in [-0.3, -0.25) is 0 Å². The van der Waals surface area contributed by atoms with Gasteiger partial charge in [0.15, 0.2) is 11.5 Å². The van der Waals surface area contributed by atoms with Crippen LogP contribution in [0.2, 0.25) is 5.02 Å². The van der Waals surface area contributed by atoms with Crippen molar-refractivity contribution in [3.63, 3.8) is 0 Å². The van der Waals surface area contributed by atoms with E-state index in [0.717, 1.165) is 5.56 Å². The molecule has 8 heteroatoms. The molecule has 3 aromatic rings. The maximum absolute atomic E-state index is 12.6. The van der Waals surface area contributed by atoms with E-state index in [-0.39, 0.29) is 18.9 Å². The Hall–Kier alpha value is -3.19. The SMILES string of the molecule is Cc1nnnn1/C(=C/c1ccccc1)C(=O)OCCOc1ccc(Cl)cc1. The maximum Gasteiger partial charge on any atom is 0.357 e. The fraction of sp³-hybridized carbons (Fsp3) is 0.158. The van der Waals surface area contributed by atoms with Gasteiger partial charge in [-0.1, -0.05) is 41.9 Å². The average molecular weight is 385 g/mol. The number of tetrazole rings is 1. The van der Waals surface area contributed by atoms with Gasteiger partial charge >= 0.3 is 5.97 Å². The second-order valence-corrected chi connectivity index (χ2v) is 5.95. The molecule has 0 aliphatic heterocycles. The number of halogens is 1. The monoisotopic (exact) mass is 384 g/mol. The van der Waals surface area contributed by atoms with Crippen molar-refractivity contribution in [3.05, 3.63) is 71.0 Å². The number of carbonyl (C=O) groups is 1. The Labute approximate surface area is 161 Å². The van der Waals surface area contributed by atoms with E-state index in [0.29, 0.717) is 16.6 Å². The summed E-state index contributed by atoms with van der Waals surface area (Å²) in [6.07, 6.45) is 1.67. The van der Waals surface area contributed by atoms with E-state index < -0.39 is 5.97 Å². The highest BCUT2D eigenvalue weighted by Crippen LogP contribution is 2.16.